The molecule has 15 heteroatoms. The highest BCUT2D eigenvalue weighted by Crippen LogP contribution is 2.35. The first-order valence-electron chi connectivity index (χ1n) is 13.3. The fraction of sp³-hybridized carbons (Fsp3) is 0.464. The molecule has 2 fully saturated rings. The smallest absolute Gasteiger partial charge is 0.229 e. The largest absolute Gasteiger partial charge is 0.507 e. The molecule has 0 saturated carbocycles. The van der Waals surface area contributed by atoms with Crippen molar-refractivity contribution < 1.29 is 69.0 Å². The molecule has 0 spiro atoms. The van der Waals surface area contributed by atoms with E-state index in [2.05, 4.69) is 0 Å². The van der Waals surface area contributed by atoms with Crippen LogP contribution in [0.1, 0.15) is 6.92 Å². The molecule has 0 unspecified atom stereocenters. The van der Waals surface area contributed by atoms with Crippen LogP contribution in [0.3, 0.4) is 0 Å². The van der Waals surface area contributed by atoms with Crippen LogP contribution < -0.4 is 14.9 Å². The molecule has 0 amide bonds. The molecule has 2 aliphatic rings. The Labute approximate surface area is 243 Å². The number of hydrogen-bond donors (Lipinski definition) is 8. The highest BCUT2D eigenvalue weighted by molar-refractivity contribution is 5.86. The Bertz CT molecular complexity index is 1510. The van der Waals surface area contributed by atoms with E-state index < -0.39 is 79.2 Å². The summed E-state index contributed by atoms with van der Waals surface area (Å²) in [7, 11) is 1.38. The Morgan fingerprint density at radius 1 is 0.791 bits per heavy atom. The van der Waals surface area contributed by atoms with E-state index in [9.17, 15) is 45.6 Å². The molecule has 3 aromatic rings. The molecule has 3 heterocycles. The number of aliphatic hydroxyl groups excluding tert-OH is 6. The maximum Gasteiger partial charge on any atom is 0.229 e. The van der Waals surface area contributed by atoms with Crippen molar-refractivity contribution in [3.05, 3.63) is 46.6 Å². The van der Waals surface area contributed by atoms with Crippen molar-refractivity contribution in [3.63, 3.8) is 0 Å². The number of aliphatic hydroxyl groups is 6. The SMILES string of the molecule is COc1ccc(-c2cc(=O)c3c(O)cc(O[C@@H]4O[C@@H](CO[C@@H]5O[C@H](C)[C@H](O)[C@@H](O)[C@H]5O)[C@@H](O)[C@H](O)[C@H]4O)cc3o2)cc1O. The number of benzene rings is 2. The zero-order valence-electron chi connectivity index (χ0n) is 22.9. The van der Waals surface area contributed by atoms with Crippen molar-refractivity contribution in [3.8, 4) is 34.3 Å². The third-order valence-corrected chi connectivity index (χ3v) is 7.40. The van der Waals surface area contributed by atoms with Crippen molar-refractivity contribution in [2.45, 2.75) is 68.3 Å². The molecule has 234 valence electrons. The maximum absolute atomic E-state index is 12.8. The zero-order valence-corrected chi connectivity index (χ0v) is 22.9. The molecule has 2 aromatic carbocycles. The summed E-state index contributed by atoms with van der Waals surface area (Å²) in [6.07, 6.45) is -15.0. The first-order valence-corrected chi connectivity index (χ1v) is 13.3. The average Bonchev–Trinajstić information content (AvgIpc) is 2.97. The van der Waals surface area contributed by atoms with Gasteiger partial charge in [0, 0.05) is 23.8 Å². The lowest BCUT2D eigenvalue weighted by Crippen LogP contribution is -2.61. The predicted molar refractivity (Wildman–Crippen MR) is 143 cm³/mol. The van der Waals surface area contributed by atoms with E-state index in [4.69, 9.17) is 28.1 Å². The number of fused-ring (bicyclic) bond motifs is 1. The van der Waals surface area contributed by atoms with E-state index in [0.717, 1.165) is 12.1 Å². The summed E-state index contributed by atoms with van der Waals surface area (Å²) >= 11 is 0. The molecule has 2 aliphatic heterocycles. The summed E-state index contributed by atoms with van der Waals surface area (Å²) in [6, 6.07) is 7.78. The van der Waals surface area contributed by atoms with Gasteiger partial charge in [0.1, 0.15) is 71.0 Å². The van der Waals surface area contributed by atoms with Crippen LogP contribution in [0.4, 0.5) is 0 Å². The second-order valence-corrected chi connectivity index (χ2v) is 10.3. The molecule has 5 rings (SSSR count). The van der Waals surface area contributed by atoms with Gasteiger partial charge in [-0.05, 0) is 25.1 Å². The Kier molecular flexibility index (Phi) is 8.80. The van der Waals surface area contributed by atoms with E-state index in [-0.39, 0.29) is 34.0 Å². The van der Waals surface area contributed by atoms with Gasteiger partial charge in [0.2, 0.25) is 6.29 Å². The fourth-order valence-electron chi connectivity index (χ4n) is 4.92. The Hall–Kier alpha value is -3.51. The molecule has 0 radical (unpaired) electrons. The first kappa shape index (κ1) is 30.9. The van der Waals surface area contributed by atoms with Crippen molar-refractivity contribution in [1.82, 2.24) is 0 Å². The number of ether oxygens (including phenoxy) is 5. The first-order chi connectivity index (χ1) is 20.4. The maximum atomic E-state index is 12.8. The average molecular weight is 609 g/mol. The van der Waals surface area contributed by atoms with Gasteiger partial charge in [-0.15, -0.1) is 0 Å². The number of phenolic OH excluding ortho intramolecular Hbond substituents is 2. The fourth-order valence-corrected chi connectivity index (χ4v) is 4.92. The summed E-state index contributed by atoms with van der Waals surface area (Å²) in [6.45, 7) is 0.953. The molecule has 0 bridgehead atoms. The van der Waals surface area contributed by atoms with Crippen molar-refractivity contribution >= 4 is 11.0 Å². The second-order valence-electron chi connectivity index (χ2n) is 10.3. The molecular formula is C28H32O15. The van der Waals surface area contributed by atoms with E-state index in [1.807, 2.05) is 0 Å². The minimum absolute atomic E-state index is 0.0517. The topological polar surface area (TPSA) is 238 Å². The zero-order chi connectivity index (χ0) is 31.2. The van der Waals surface area contributed by atoms with Crippen molar-refractivity contribution in [2.75, 3.05) is 13.7 Å². The van der Waals surface area contributed by atoms with Crippen LogP contribution in [0, 0.1) is 0 Å². The van der Waals surface area contributed by atoms with Crippen LogP contribution in [0.5, 0.6) is 23.0 Å². The van der Waals surface area contributed by atoms with Crippen molar-refractivity contribution in [2.24, 2.45) is 0 Å². The summed E-state index contributed by atoms with van der Waals surface area (Å²) in [5.74, 6) is -0.605. The van der Waals surface area contributed by atoms with Gasteiger partial charge in [0.05, 0.1) is 19.8 Å². The minimum Gasteiger partial charge on any atom is -0.507 e. The van der Waals surface area contributed by atoms with Gasteiger partial charge in [0.15, 0.2) is 23.2 Å². The summed E-state index contributed by atoms with van der Waals surface area (Å²) in [4.78, 5) is 12.8. The predicted octanol–water partition coefficient (Wildman–Crippen LogP) is -1.09. The van der Waals surface area contributed by atoms with Crippen LogP contribution in [-0.4, -0.2) is 116 Å². The van der Waals surface area contributed by atoms with Crippen molar-refractivity contribution in [1.29, 1.82) is 0 Å². The molecule has 10 atom stereocenters. The van der Waals surface area contributed by atoms with Gasteiger partial charge in [-0.3, -0.25) is 4.79 Å². The quantitative estimate of drug-likeness (QED) is 0.159. The summed E-state index contributed by atoms with van der Waals surface area (Å²) in [5, 5.41) is 82.0. The molecule has 8 N–H and O–H groups in total. The molecule has 2 saturated heterocycles. The Morgan fingerprint density at radius 3 is 2.19 bits per heavy atom. The van der Waals surface area contributed by atoms with Crippen LogP contribution in [0.15, 0.2) is 45.6 Å². The number of phenols is 2. The molecule has 15 nitrogen and oxygen atoms in total. The Morgan fingerprint density at radius 2 is 1.49 bits per heavy atom. The van der Waals surface area contributed by atoms with Crippen LogP contribution in [0.2, 0.25) is 0 Å². The van der Waals surface area contributed by atoms with Crippen LogP contribution >= 0.6 is 0 Å². The highest BCUT2D eigenvalue weighted by Gasteiger charge is 2.47. The minimum atomic E-state index is -1.78. The van der Waals surface area contributed by atoms with Crippen LogP contribution in [0.25, 0.3) is 22.3 Å². The molecule has 1 aromatic heterocycles. The Balaban J connectivity index is 1.36. The lowest BCUT2D eigenvalue weighted by molar-refractivity contribution is -0.318. The van der Waals surface area contributed by atoms with E-state index in [0.29, 0.717) is 5.56 Å². The van der Waals surface area contributed by atoms with Gasteiger partial charge < -0.3 is 69.0 Å². The monoisotopic (exact) mass is 608 g/mol. The summed E-state index contributed by atoms with van der Waals surface area (Å²) < 4.78 is 32.9. The normalized spacial score (nSPS) is 32.9. The number of hydrogen-bond acceptors (Lipinski definition) is 15. The van der Waals surface area contributed by atoms with Gasteiger partial charge in [-0.1, -0.05) is 0 Å². The number of methoxy groups -OCH3 is 1. The molecule has 43 heavy (non-hydrogen) atoms. The van der Waals surface area contributed by atoms with E-state index >= 15 is 0 Å². The number of aromatic hydroxyl groups is 2. The third kappa shape index (κ3) is 5.99. The van der Waals surface area contributed by atoms with Crippen LogP contribution in [-0.2, 0) is 14.2 Å². The van der Waals surface area contributed by atoms with Gasteiger partial charge in [-0.25, -0.2) is 0 Å². The van der Waals surface area contributed by atoms with Gasteiger partial charge >= 0.3 is 0 Å². The lowest BCUT2D eigenvalue weighted by atomic mass is 9.98. The summed E-state index contributed by atoms with van der Waals surface area (Å²) in [5.41, 5.74) is -0.381. The van der Waals surface area contributed by atoms with E-state index in [1.165, 1.54) is 32.2 Å². The molecular weight excluding hydrogens is 576 g/mol. The number of rotatable bonds is 7. The second kappa shape index (κ2) is 12.2. The van der Waals surface area contributed by atoms with Gasteiger partial charge in [0.25, 0.3) is 0 Å². The molecule has 0 aliphatic carbocycles. The lowest BCUT2D eigenvalue weighted by Gasteiger charge is -2.42. The van der Waals surface area contributed by atoms with Gasteiger partial charge in [-0.2, -0.15) is 0 Å². The third-order valence-electron chi connectivity index (χ3n) is 7.40. The highest BCUT2D eigenvalue weighted by atomic mass is 16.7. The van der Waals surface area contributed by atoms with E-state index in [1.54, 1.807) is 6.07 Å². The standard InChI is InChI=1S/C28H32O15/c1-10-21(32)23(34)25(36)27(40-10)39-9-19-22(33)24(35)26(37)28(43-19)41-12-6-14(30)20-15(31)8-17(42-18(20)7-12)11-3-4-16(38-2)13(29)5-11/h3-8,10,19,21-30,32-37H,9H2,1-2H3/t10-,19+,21+,22-,23-,24+,25-,26-,27-,28-/m1/s1.